The van der Waals surface area contributed by atoms with E-state index in [-0.39, 0.29) is 23.8 Å². The molecule has 0 aliphatic heterocycles. The van der Waals surface area contributed by atoms with E-state index in [1.165, 1.54) is 8.97 Å². The van der Waals surface area contributed by atoms with E-state index in [2.05, 4.69) is 24.3 Å². The van der Waals surface area contributed by atoms with Gasteiger partial charge in [0.1, 0.15) is 12.3 Å². The van der Waals surface area contributed by atoms with Crippen molar-refractivity contribution in [3.05, 3.63) is 74.9 Å². The molecule has 0 aliphatic carbocycles. The molecule has 9 nitrogen and oxygen atoms in total. The van der Waals surface area contributed by atoms with Gasteiger partial charge in [0.15, 0.2) is 0 Å². The van der Waals surface area contributed by atoms with Crippen LogP contribution < -0.4 is 21.3 Å². The number of hydrogen-bond donors (Lipinski definition) is 1. The second kappa shape index (κ2) is 9.32. The molecular weight excluding hydrogens is 422 g/mol. The predicted molar refractivity (Wildman–Crippen MR) is 126 cm³/mol. The number of methoxy groups -OCH3 is 1. The van der Waals surface area contributed by atoms with Gasteiger partial charge < -0.3 is 10.1 Å². The van der Waals surface area contributed by atoms with Crippen molar-refractivity contribution in [2.45, 2.75) is 39.9 Å². The molecular formula is C24H27N5O4. The Morgan fingerprint density at radius 1 is 1.09 bits per heavy atom. The number of fused-ring (bicyclic) bond motifs is 3. The van der Waals surface area contributed by atoms with Crippen LogP contribution in [0.25, 0.3) is 16.7 Å². The number of amides is 1. The summed E-state index contributed by atoms with van der Waals surface area (Å²) in [4.78, 5) is 38.8. The van der Waals surface area contributed by atoms with E-state index in [9.17, 15) is 14.4 Å². The van der Waals surface area contributed by atoms with Gasteiger partial charge in [-0.15, -0.1) is 5.10 Å². The Labute approximate surface area is 190 Å². The van der Waals surface area contributed by atoms with E-state index >= 15 is 0 Å². The molecule has 9 heteroatoms. The van der Waals surface area contributed by atoms with Crippen LogP contribution in [-0.2, 0) is 24.4 Å². The van der Waals surface area contributed by atoms with Gasteiger partial charge in [0.25, 0.3) is 5.56 Å². The molecule has 0 spiro atoms. The lowest BCUT2D eigenvalue weighted by Gasteiger charge is -2.10. The van der Waals surface area contributed by atoms with E-state index in [0.29, 0.717) is 29.9 Å². The summed E-state index contributed by atoms with van der Waals surface area (Å²) in [6.45, 7) is 4.64. The zero-order valence-electron chi connectivity index (χ0n) is 18.9. The number of nitrogens with zero attached hydrogens (tertiary/aromatic N) is 4. The van der Waals surface area contributed by atoms with Gasteiger partial charge >= 0.3 is 5.69 Å². The molecule has 2 heterocycles. The first kappa shape index (κ1) is 22.3. The molecule has 1 amide bonds. The highest BCUT2D eigenvalue weighted by molar-refractivity contribution is 5.80. The molecule has 4 aromatic rings. The fourth-order valence-electron chi connectivity index (χ4n) is 3.70. The quantitative estimate of drug-likeness (QED) is 0.445. The Balaban J connectivity index is 1.65. The summed E-state index contributed by atoms with van der Waals surface area (Å²) in [5, 5.41) is 7.62. The van der Waals surface area contributed by atoms with Crippen LogP contribution >= 0.6 is 0 Å². The first-order chi connectivity index (χ1) is 15.9. The Kier molecular flexibility index (Phi) is 6.30. The Hall–Kier alpha value is -3.88. The SMILES string of the molecule is COc1ccc(CNC(=O)Cn2nc3n(CCC(C)C)c(=O)c4ccccc4n3c2=O)cc1. The third-order valence-electron chi connectivity index (χ3n) is 5.56. The summed E-state index contributed by atoms with van der Waals surface area (Å²) in [5.41, 5.74) is 0.729. The minimum atomic E-state index is -0.459. The van der Waals surface area contributed by atoms with E-state index < -0.39 is 5.69 Å². The lowest BCUT2D eigenvalue weighted by atomic mass is 10.1. The molecule has 0 aliphatic rings. The largest absolute Gasteiger partial charge is 0.497 e. The van der Waals surface area contributed by atoms with Crippen molar-refractivity contribution in [3.8, 4) is 5.75 Å². The van der Waals surface area contributed by atoms with Crippen molar-refractivity contribution in [2.24, 2.45) is 5.92 Å². The molecule has 33 heavy (non-hydrogen) atoms. The minimum Gasteiger partial charge on any atom is -0.497 e. The number of aryl methyl sites for hydroxylation is 1. The predicted octanol–water partition coefficient (Wildman–Crippen LogP) is 2.18. The van der Waals surface area contributed by atoms with Crippen LogP contribution in [0.4, 0.5) is 0 Å². The summed E-state index contributed by atoms with van der Waals surface area (Å²) in [6, 6.07) is 14.3. The van der Waals surface area contributed by atoms with Crippen LogP contribution in [0.15, 0.2) is 58.1 Å². The molecule has 172 valence electrons. The number of carbonyl (C=O) groups excluding carboxylic acids is 1. The second-order valence-electron chi connectivity index (χ2n) is 8.36. The van der Waals surface area contributed by atoms with Gasteiger partial charge in [-0.05, 0) is 42.2 Å². The van der Waals surface area contributed by atoms with Gasteiger partial charge in [-0.25, -0.2) is 13.9 Å². The molecule has 2 aromatic carbocycles. The molecule has 0 unspecified atom stereocenters. The number of para-hydroxylation sites is 1. The molecule has 0 bridgehead atoms. The van der Waals surface area contributed by atoms with Crippen molar-refractivity contribution < 1.29 is 9.53 Å². The highest BCUT2D eigenvalue weighted by Crippen LogP contribution is 2.13. The molecule has 0 saturated carbocycles. The van der Waals surface area contributed by atoms with Crippen molar-refractivity contribution >= 4 is 22.6 Å². The van der Waals surface area contributed by atoms with Crippen LogP contribution in [0, 0.1) is 5.92 Å². The zero-order valence-corrected chi connectivity index (χ0v) is 18.9. The summed E-state index contributed by atoms with van der Waals surface area (Å²) < 4.78 is 9.18. The number of rotatable bonds is 8. The molecule has 2 aromatic heterocycles. The Morgan fingerprint density at radius 3 is 2.52 bits per heavy atom. The average molecular weight is 450 g/mol. The maximum atomic E-state index is 13.2. The molecule has 0 atom stereocenters. The lowest BCUT2D eigenvalue weighted by Crippen LogP contribution is -2.32. The fourth-order valence-corrected chi connectivity index (χ4v) is 3.70. The topological polar surface area (TPSA) is 99.6 Å². The first-order valence-corrected chi connectivity index (χ1v) is 10.9. The van der Waals surface area contributed by atoms with Gasteiger partial charge in [-0.3, -0.25) is 14.2 Å². The fraction of sp³-hybridized carbons (Fsp3) is 0.333. The van der Waals surface area contributed by atoms with E-state index in [0.717, 1.165) is 22.4 Å². The van der Waals surface area contributed by atoms with Crippen molar-refractivity contribution in [1.82, 2.24) is 24.1 Å². The smallest absolute Gasteiger partial charge is 0.352 e. The van der Waals surface area contributed by atoms with Gasteiger partial charge in [0.2, 0.25) is 11.7 Å². The number of benzene rings is 2. The highest BCUT2D eigenvalue weighted by Gasteiger charge is 2.18. The van der Waals surface area contributed by atoms with Crippen molar-refractivity contribution in [3.63, 3.8) is 0 Å². The van der Waals surface area contributed by atoms with Crippen LogP contribution in [0.3, 0.4) is 0 Å². The standard InChI is InChI=1S/C24H27N5O4/c1-16(2)12-13-27-22(31)19-6-4-5-7-20(19)29-23(27)26-28(24(29)32)15-21(30)25-14-17-8-10-18(33-3)11-9-17/h4-11,16H,12-15H2,1-3H3,(H,25,30). The third kappa shape index (κ3) is 4.52. The van der Waals surface area contributed by atoms with Gasteiger partial charge in [-0.1, -0.05) is 38.1 Å². The summed E-state index contributed by atoms with van der Waals surface area (Å²) in [6.07, 6.45) is 0.761. The monoisotopic (exact) mass is 449 g/mol. The summed E-state index contributed by atoms with van der Waals surface area (Å²) >= 11 is 0. The number of carbonyl (C=O) groups is 1. The van der Waals surface area contributed by atoms with Crippen LogP contribution in [-0.4, -0.2) is 31.8 Å². The minimum absolute atomic E-state index is 0.195. The molecule has 0 fully saturated rings. The normalized spacial score (nSPS) is 11.4. The summed E-state index contributed by atoms with van der Waals surface area (Å²) in [7, 11) is 1.59. The Morgan fingerprint density at radius 2 is 1.82 bits per heavy atom. The number of hydrogen-bond acceptors (Lipinski definition) is 5. The lowest BCUT2D eigenvalue weighted by molar-refractivity contribution is -0.122. The number of aromatic nitrogens is 4. The van der Waals surface area contributed by atoms with Gasteiger partial charge in [-0.2, -0.15) is 0 Å². The number of ether oxygens (including phenoxy) is 1. The van der Waals surface area contributed by atoms with Crippen LogP contribution in [0.2, 0.25) is 0 Å². The number of nitrogens with one attached hydrogen (secondary N) is 1. The van der Waals surface area contributed by atoms with E-state index in [1.54, 1.807) is 31.4 Å². The first-order valence-electron chi connectivity index (χ1n) is 10.9. The van der Waals surface area contributed by atoms with Crippen molar-refractivity contribution in [2.75, 3.05) is 7.11 Å². The summed E-state index contributed by atoms with van der Waals surface area (Å²) in [5.74, 6) is 1.00. The average Bonchev–Trinajstić information content (AvgIpc) is 3.13. The molecule has 4 rings (SSSR count). The molecule has 1 N–H and O–H groups in total. The van der Waals surface area contributed by atoms with Gasteiger partial charge in [0, 0.05) is 13.1 Å². The van der Waals surface area contributed by atoms with Crippen molar-refractivity contribution in [1.29, 1.82) is 0 Å². The Bertz CT molecular complexity index is 1410. The van der Waals surface area contributed by atoms with Crippen LogP contribution in [0.1, 0.15) is 25.8 Å². The second-order valence-corrected chi connectivity index (χ2v) is 8.36. The zero-order chi connectivity index (χ0) is 23.5. The van der Waals surface area contributed by atoms with E-state index in [1.807, 2.05) is 24.3 Å². The molecule has 0 radical (unpaired) electrons. The highest BCUT2D eigenvalue weighted by atomic mass is 16.5. The maximum absolute atomic E-state index is 13.2. The third-order valence-corrected chi connectivity index (χ3v) is 5.56. The maximum Gasteiger partial charge on any atom is 0.352 e. The van der Waals surface area contributed by atoms with Gasteiger partial charge in [0.05, 0.1) is 18.0 Å². The van der Waals surface area contributed by atoms with Crippen LogP contribution in [0.5, 0.6) is 5.75 Å². The molecule has 0 saturated heterocycles. The van der Waals surface area contributed by atoms with E-state index in [4.69, 9.17) is 4.74 Å².